The number of primary amides is 1. The van der Waals surface area contributed by atoms with Gasteiger partial charge in [-0.1, -0.05) is 6.92 Å². The molecule has 154 valence electrons. The average Bonchev–Trinajstić information content (AvgIpc) is 2.99. The molecule has 0 radical (unpaired) electrons. The van der Waals surface area contributed by atoms with Gasteiger partial charge in [-0.05, 0) is 44.0 Å². The maximum atomic E-state index is 12.6. The molecule has 1 heterocycles. The molecule has 0 bridgehead atoms. The van der Waals surface area contributed by atoms with Crippen molar-refractivity contribution in [1.82, 2.24) is 4.90 Å². The summed E-state index contributed by atoms with van der Waals surface area (Å²) in [6.07, 6.45) is 1.05. The Balaban J connectivity index is 1.99. The third kappa shape index (κ3) is 5.69. The summed E-state index contributed by atoms with van der Waals surface area (Å²) in [5.41, 5.74) is 5.65. The lowest BCUT2D eigenvalue weighted by Crippen LogP contribution is -2.48. The van der Waals surface area contributed by atoms with Crippen molar-refractivity contribution in [1.29, 1.82) is 0 Å². The van der Waals surface area contributed by atoms with Crippen molar-refractivity contribution in [2.75, 3.05) is 23.4 Å². The molecule has 1 aromatic carbocycles. The van der Waals surface area contributed by atoms with Crippen LogP contribution in [0.3, 0.4) is 0 Å². The first-order chi connectivity index (χ1) is 13.1. The summed E-state index contributed by atoms with van der Waals surface area (Å²) in [7, 11) is -3.14. The molecule has 9 nitrogen and oxygen atoms in total. The van der Waals surface area contributed by atoms with Crippen LogP contribution in [0, 0.1) is 0 Å². The van der Waals surface area contributed by atoms with Crippen molar-refractivity contribution in [3.63, 3.8) is 0 Å². The van der Waals surface area contributed by atoms with E-state index >= 15 is 0 Å². The number of carbonyl (C=O) groups is 3. The van der Waals surface area contributed by atoms with E-state index < -0.39 is 40.4 Å². The van der Waals surface area contributed by atoms with E-state index in [2.05, 4.69) is 5.32 Å². The number of carbonyl (C=O) groups excluding carboxylic acids is 3. The number of sulfone groups is 1. The van der Waals surface area contributed by atoms with Crippen molar-refractivity contribution < 1.29 is 27.5 Å². The van der Waals surface area contributed by atoms with Gasteiger partial charge in [0.1, 0.15) is 0 Å². The average molecular weight is 411 g/mol. The Kier molecular flexibility index (Phi) is 7.00. The van der Waals surface area contributed by atoms with Gasteiger partial charge < -0.3 is 20.7 Å². The number of nitrogens with zero attached hydrogens (tertiary/aromatic N) is 1. The monoisotopic (exact) mass is 411 g/mol. The predicted molar refractivity (Wildman–Crippen MR) is 104 cm³/mol. The van der Waals surface area contributed by atoms with Gasteiger partial charge in [-0.15, -0.1) is 0 Å². The molecule has 1 saturated heterocycles. The van der Waals surface area contributed by atoms with Gasteiger partial charge in [0.2, 0.25) is 0 Å². The molecule has 0 aliphatic carbocycles. The molecule has 2 rings (SSSR count). The number of nitrogens with one attached hydrogen (secondary N) is 1. The van der Waals surface area contributed by atoms with E-state index in [1.54, 1.807) is 0 Å². The van der Waals surface area contributed by atoms with Gasteiger partial charge in [-0.2, -0.15) is 0 Å². The van der Waals surface area contributed by atoms with Crippen LogP contribution in [-0.2, 0) is 19.4 Å². The van der Waals surface area contributed by atoms with Crippen LogP contribution in [0.25, 0.3) is 0 Å². The van der Waals surface area contributed by atoms with E-state index in [4.69, 9.17) is 10.5 Å². The molecule has 28 heavy (non-hydrogen) atoms. The number of anilines is 1. The normalized spacial score (nSPS) is 18.9. The fourth-order valence-corrected chi connectivity index (χ4v) is 4.83. The Bertz CT molecular complexity index is 837. The summed E-state index contributed by atoms with van der Waals surface area (Å²) < 4.78 is 28.6. The highest BCUT2D eigenvalue weighted by Crippen LogP contribution is 2.21. The Hall–Kier alpha value is -2.62. The molecular weight excluding hydrogens is 386 g/mol. The van der Waals surface area contributed by atoms with Crippen molar-refractivity contribution >= 4 is 33.4 Å². The topological polar surface area (TPSA) is 136 Å². The fourth-order valence-electron chi connectivity index (χ4n) is 3.12. The maximum Gasteiger partial charge on any atom is 0.338 e. The number of hydrogen-bond acceptors (Lipinski definition) is 6. The van der Waals surface area contributed by atoms with Crippen molar-refractivity contribution in [2.24, 2.45) is 5.73 Å². The lowest BCUT2D eigenvalue weighted by Gasteiger charge is -2.33. The summed E-state index contributed by atoms with van der Waals surface area (Å²) in [6, 6.07) is 4.56. The van der Waals surface area contributed by atoms with Crippen molar-refractivity contribution in [3.8, 4) is 0 Å². The zero-order valence-electron chi connectivity index (χ0n) is 15.9. The minimum Gasteiger partial charge on any atom is -0.452 e. The highest BCUT2D eigenvalue weighted by Gasteiger charge is 2.36. The zero-order chi connectivity index (χ0) is 20.9. The highest BCUT2D eigenvalue weighted by molar-refractivity contribution is 7.91. The minimum atomic E-state index is -3.14. The van der Waals surface area contributed by atoms with E-state index in [9.17, 15) is 22.8 Å². The number of urea groups is 1. The summed E-state index contributed by atoms with van der Waals surface area (Å²) in [6.45, 7) is 3.28. The first-order valence-electron chi connectivity index (χ1n) is 8.98. The van der Waals surface area contributed by atoms with Crippen LogP contribution in [0.2, 0.25) is 0 Å². The lowest BCUT2D eigenvalue weighted by molar-refractivity contribution is -0.138. The van der Waals surface area contributed by atoms with Gasteiger partial charge in [-0.25, -0.2) is 18.0 Å². The number of nitrogens with two attached hydrogens (primary N) is 1. The van der Waals surface area contributed by atoms with E-state index in [0.717, 1.165) is 0 Å². The zero-order valence-corrected chi connectivity index (χ0v) is 16.7. The van der Waals surface area contributed by atoms with Gasteiger partial charge in [0.05, 0.1) is 17.1 Å². The molecule has 2 atom stereocenters. The van der Waals surface area contributed by atoms with E-state index in [0.29, 0.717) is 18.5 Å². The number of ether oxygens (including phenoxy) is 1. The summed E-state index contributed by atoms with van der Waals surface area (Å²) in [4.78, 5) is 37.1. The Morgan fingerprint density at radius 3 is 2.43 bits per heavy atom. The second kappa shape index (κ2) is 9.05. The molecule has 1 aliphatic heterocycles. The second-order valence-electron chi connectivity index (χ2n) is 6.76. The predicted octanol–water partition coefficient (Wildman–Crippen LogP) is 1.15. The molecule has 1 aliphatic rings. The molecule has 1 fully saturated rings. The van der Waals surface area contributed by atoms with Crippen LogP contribution < -0.4 is 11.1 Å². The largest absolute Gasteiger partial charge is 0.452 e. The van der Waals surface area contributed by atoms with Crippen LogP contribution in [-0.4, -0.2) is 61.4 Å². The minimum absolute atomic E-state index is 0.0589. The van der Waals surface area contributed by atoms with Gasteiger partial charge in [0.15, 0.2) is 16.4 Å². The van der Waals surface area contributed by atoms with Crippen molar-refractivity contribution in [2.45, 2.75) is 38.8 Å². The number of esters is 1. The standard InChI is InChI=1S/C18H25N3O6S/c1-3-12(2)21(15-8-9-28(25,26)11-15)16(22)10-27-17(23)13-4-6-14(7-5-13)20-18(19)24/h4-7,12,15H,3,8-11H2,1-2H3,(H3,19,20,24). The first kappa shape index (κ1) is 21.7. The quantitative estimate of drug-likeness (QED) is 0.646. The van der Waals surface area contributed by atoms with Gasteiger partial charge in [-0.3, -0.25) is 4.79 Å². The molecule has 1 aromatic rings. The second-order valence-corrected chi connectivity index (χ2v) is 8.99. The van der Waals surface area contributed by atoms with E-state index in [1.807, 2.05) is 13.8 Å². The fraction of sp³-hybridized carbons (Fsp3) is 0.500. The Labute approximate surface area is 164 Å². The van der Waals surface area contributed by atoms with E-state index in [1.165, 1.54) is 29.2 Å². The number of amides is 3. The first-order valence-corrected chi connectivity index (χ1v) is 10.8. The molecule has 2 unspecified atom stereocenters. The third-order valence-corrected chi connectivity index (χ3v) is 6.42. The van der Waals surface area contributed by atoms with E-state index in [-0.39, 0.29) is 23.1 Å². The number of benzene rings is 1. The summed E-state index contributed by atoms with van der Waals surface area (Å²) in [5, 5.41) is 2.37. The summed E-state index contributed by atoms with van der Waals surface area (Å²) >= 11 is 0. The van der Waals surface area contributed by atoms with Crippen molar-refractivity contribution in [3.05, 3.63) is 29.8 Å². The molecule has 10 heteroatoms. The smallest absolute Gasteiger partial charge is 0.338 e. The van der Waals surface area contributed by atoms with Crippen LogP contribution in [0.1, 0.15) is 37.0 Å². The molecule has 3 N–H and O–H groups in total. The molecule has 0 saturated carbocycles. The van der Waals surface area contributed by atoms with Crippen LogP contribution in [0.4, 0.5) is 10.5 Å². The van der Waals surface area contributed by atoms with Crippen LogP contribution in [0.15, 0.2) is 24.3 Å². The highest BCUT2D eigenvalue weighted by atomic mass is 32.2. The molecular formula is C18H25N3O6S. The van der Waals surface area contributed by atoms with Gasteiger partial charge in [0, 0.05) is 17.8 Å². The van der Waals surface area contributed by atoms with Crippen LogP contribution >= 0.6 is 0 Å². The molecule has 3 amide bonds. The van der Waals surface area contributed by atoms with Gasteiger partial charge in [0.25, 0.3) is 5.91 Å². The maximum absolute atomic E-state index is 12.6. The molecule has 0 aromatic heterocycles. The Morgan fingerprint density at radius 2 is 1.93 bits per heavy atom. The SMILES string of the molecule is CCC(C)N(C(=O)COC(=O)c1ccc(NC(N)=O)cc1)C1CCS(=O)(=O)C1. The lowest BCUT2D eigenvalue weighted by atomic mass is 10.1. The number of hydrogen-bond donors (Lipinski definition) is 2. The number of rotatable bonds is 7. The Morgan fingerprint density at radius 1 is 1.29 bits per heavy atom. The van der Waals surface area contributed by atoms with Crippen LogP contribution in [0.5, 0.6) is 0 Å². The summed E-state index contributed by atoms with van der Waals surface area (Å²) in [5.74, 6) is -1.12. The molecule has 0 spiro atoms. The third-order valence-electron chi connectivity index (χ3n) is 4.67. The van der Waals surface area contributed by atoms with Gasteiger partial charge >= 0.3 is 12.0 Å².